The molecule has 30 heavy (non-hydrogen) atoms. The molecule has 0 radical (unpaired) electrons. The lowest BCUT2D eigenvalue weighted by atomic mass is 10.1. The molecule has 0 unspecified atom stereocenters. The van der Waals surface area contributed by atoms with Crippen molar-refractivity contribution in [3.8, 4) is 0 Å². The van der Waals surface area contributed by atoms with Crippen LogP contribution in [0.25, 0.3) is 0 Å². The minimum Gasteiger partial charge on any atom is -0.475 e. The smallest absolute Gasteiger partial charge is 0.475 e. The maximum Gasteiger partial charge on any atom is 0.490 e. The summed E-state index contributed by atoms with van der Waals surface area (Å²) in [6.45, 7) is 7.07. The third-order valence-corrected chi connectivity index (χ3v) is 5.67. The van der Waals surface area contributed by atoms with E-state index in [9.17, 15) is 22.4 Å². The molecule has 1 aromatic carbocycles. The predicted molar refractivity (Wildman–Crippen MR) is 103 cm³/mol. The number of nitrogens with zero attached hydrogens (tertiary/aromatic N) is 2. The van der Waals surface area contributed by atoms with Gasteiger partial charge in [0.15, 0.2) is 0 Å². The second-order valence-corrected chi connectivity index (χ2v) is 8.31. The Hall–Kier alpha value is -1.87. The molecule has 3 rings (SSSR count). The van der Waals surface area contributed by atoms with Gasteiger partial charge in [0.05, 0.1) is 0 Å². The average molecular weight is 453 g/mol. The SMILES string of the molecule is CC(C)CCN1CC[C@H]2[C@@H]1CC(=O)N2Cc1ccc(F)cc1Cl.O=C(O)C(F)(F)F. The van der Waals surface area contributed by atoms with Gasteiger partial charge in [0.25, 0.3) is 0 Å². The van der Waals surface area contributed by atoms with E-state index in [0.717, 1.165) is 25.1 Å². The molecular formula is C20H25ClF4N2O3. The van der Waals surface area contributed by atoms with Crippen molar-refractivity contribution in [3.05, 3.63) is 34.6 Å². The molecule has 0 aliphatic carbocycles. The number of likely N-dealkylation sites (tertiary alicyclic amines) is 2. The van der Waals surface area contributed by atoms with Gasteiger partial charge in [-0.25, -0.2) is 9.18 Å². The molecule has 5 nitrogen and oxygen atoms in total. The number of benzene rings is 1. The molecule has 1 aromatic rings. The summed E-state index contributed by atoms with van der Waals surface area (Å²) in [6, 6.07) is 5.02. The van der Waals surface area contributed by atoms with Gasteiger partial charge in [-0.2, -0.15) is 13.2 Å². The number of rotatable bonds is 5. The van der Waals surface area contributed by atoms with E-state index < -0.39 is 12.1 Å². The monoisotopic (exact) mass is 452 g/mol. The molecule has 0 bridgehead atoms. The molecule has 2 aliphatic rings. The van der Waals surface area contributed by atoms with Crippen molar-refractivity contribution in [3.63, 3.8) is 0 Å². The molecule has 10 heteroatoms. The van der Waals surface area contributed by atoms with E-state index in [2.05, 4.69) is 18.7 Å². The zero-order valence-corrected chi connectivity index (χ0v) is 17.5. The van der Waals surface area contributed by atoms with Crippen LogP contribution >= 0.6 is 11.6 Å². The average Bonchev–Trinajstić information content (AvgIpc) is 3.14. The molecular weight excluding hydrogens is 428 g/mol. The number of carboxylic acid groups (broad SMARTS) is 1. The van der Waals surface area contributed by atoms with Crippen LogP contribution in [0.4, 0.5) is 17.6 Å². The molecule has 168 valence electrons. The van der Waals surface area contributed by atoms with Crippen LogP contribution in [0.15, 0.2) is 18.2 Å². The molecule has 2 atom stereocenters. The Bertz CT molecular complexity index is 773. The van der Waals surface area contributed by atoms with Crippen LogP contribution in [0, 0.1) is 11.7 Å². The number of carboxylic acids is 1. The number of hydrogen-bond donors (Lipinski definition) is 1. The number of alkyl halides is 3. The standard InChI is InChI=1S/C18H24ClFN2O.C2HF3O2/c1-12(2)5-7-21-8-6-16-17(21)10-18(23)22(16)11-13-3-4-14(20)9-15(13)19;3-2(4,5)1(6)7/h3-4,9,12,16-17H,5-8,10-11H2,1-2H3;(H,6,7)/t16-,17-;/m0./s1. The number of halogens is 5. The van der Waals surface area contributed by atoms with Crippen LogP contribution < -0.4 is 0 Å². The molecule has 2 fully saturated rings. The highest BCUT2D eigenvalue weighted by atomic mass is 35.5. The second kappa shape index (κ2) is 9.96. The summed E-state index contributed by atoms with van der Waals surface area (Å²) in [4.78, 5) is 25.7. The van der Waals surface area contributed by atoms with Gasteiger partial charge in [-0.05, 0) is 43.0 Å². The van der Waals surface area contributed by atoms with E-state index in [1.54, 1.807) is 6.07 Å². The van der Waals surface area contributed by atoms with Crippen molar-refractivity contribution in [1.29, 1.82) is 0 Å². The van der Waals surface area contributed by atoms with E-state index in [0.29, 0.717) is 29.9 Å². The zero-order valence-electron chi connectivity index (χ0n) is 16.8. The van der Waals surface area contributed by atoms with Gasteiger partial charge < -0.3 is 10.0 Å². The lowest BCUT2D eigenvalue weighted by Crippen LogP contribution is -2.37. The first-order valence-electron chi connectivity index (χ1n) is 9.67. The number of carbonyl (C=O) groups excluding carboxylic acids is 1. The number of hydrogen-bond acceptors (Lipinski definition) is 3. The normalized spacial score (nSPS) is 21.6. The van der Waals surface area contributed by atoms with Crippen LogP contribution in [-0.4, -0.2) is 58.1 Å². The van der Waals surface area contributed by atoms with Gasteiger partial charge in [-0.3, -0.25) is 9.69 Å². The minimum absolute atomic E-state index is 0.189. The van der Waals surface area contributed by atoms with Gasteiger partial charge in [-0.15, -0.1) is 0 Å². The summed E-state index contributed by atoms with van der Waals surface area (Å²) in [6.07, 6.45) is -2.30. The molecule has 2 heterocycles. The van der Waals surface area contributed by atoms with Crippen molar-refractivity contribution in [2.45, 2.75) is 57.9 Å². The Morgan fingerprint density at radius 3 is 2.47 bits per heavy atom. The summed E-state index contributed by atoms with van der Waals surface area (Å²) < 4.78 is 44.9. The van der Waals surface area contributed by atoms with E-state index in [1.807, 2.05) is 4.90 Å². The summed E-state index contributed by atoms with van der Waals surface area (Å²) >= 11 is 6.12. The molecule has 1 N–H and O–H groups in total. The predicted octanol–water partition coefficient (Wildman–Crippen LogP) is 4.33. The van der Waals surface area contributed by atoms with E-state index in [4.69, 9.17) is 21.5 Å². The van der Waals surface area contributed by atoms with Crippen molar-refractivity contribution < 1.29 is 32.3 Å². The summed E-state index contributed by atoms with van der Waals surface area (Å²) in [7, 11) is 0. The van der Waals surface area contributed by atoms with Gasteiger partial charge in [0.1, 0.15) is 5.82 Å². The lowest BCUT2D eigenvalue weighted by Gasteiger charge is -2.26. The molecule has 1 amide bonds. The van der Waals surface area contributed by atoms with E-state index in [-0.39, 0.29) is 17.8 Å². The Labute approximate surface area is 177 Å². The van der Waals surface area contributed by atoms with Crippen molar-refractivity contribution in [1.82, 2.24) is 9.80 Å². The minimum atomic E-state index is -5.08. The third kappa shape index (κ3) is 6.31. The number of aliphatic carboxylic acids is 1. The molecule has 0 saturated carbocycles. The van der Waals surface area contributed by atoms with Crippen molar-refractivity contribution in [2.24, 2.45) is 5.92 Å². The fraction of sp³-hybridized carbons (Fsp3) is 0.600. The van der Waals surface area contributed by atoms with Crippen LogP contribution in [0.3, 0.4) is 0 Å². The Kier molecular flexibility index (Phi) is 8.10. The number of carbonyl (C=O) groups is 2. The van der Waals surface area contributed by atoms with Gasteiger partial charge in [0.2, 0.25) is 5.91 Å². The van der Waals surface area contributed by atoms with Crippen LogP contribution in [0.5, 0.6) is 0 Å². The van der Waals surface area contributed by atoms with Crippen molar-refractivity contribution >= 4 is 23.5 Å². The molecule has 2 aliphatic heterocycles. The second-order valence-electron chi connectivity index (χ2n) is 7.91. The number of amides is 1. The van der Waals surface area contributed by atoms with E-state index in [1.165, 1.54) is 18.6 Å². The molecule has 0 spiro atoms. The first kappa shape index (κ1) is 24.4. The molecule has 2 saturated heterocycles. The number of fused-ring (bicyclic) bond motifs is 1. The zero-order chi connectivity index (χ0) is 22.6. The van der Waals surface area contributed by atoms with Crippen molar-refractivity contribution in [2.75, 3.05) is 13.1 Å². The first-order valence-corrected chi connectivity index (χ1v) is 10.1. The Morgan fingerprint density at radius 2 is 1.93 bits per heavy atom. The fourth-order valence-corrected chi connectivity index (χ4v) is 3.98. The highest BCUT2D eigenvalue weighted by molar-refractivity contribution is 6.31. The Balaban J connectivity index is 0.000000396. The highest BCUT2D eigenvalue weighted by Crippen LogP contribution is 2.34. The fourth-order valence-electron chi connectivity index (χ4n) is 3.75. The first-order chi connectivity index (χ1) is 13.9. The summed E-state index contributed by atoms with van der Waals surface area (Å²) in [5.41, 5.74) is 0.822. The topological polar surface area (TPSA) is 60.9 Å². The summed E-state index contributed by atoms with van der Waals surface area (Å²) in [5.74, 6) is -2.23. The van der Waals surface area contributed by atoms with Crippen LogP contribution in [0.1, 0.15) is 38.7 Å². The maximum absolute atomic E-state index is 13.2. The summed E-state index contributed by atoms with van der Waals surface area (Å²) in [5, 5.41) is 7.52. The highest BCUT2D eigenvalue weighted by Gasteiger charge is 2.46. The van der Waals surface area contributed by atoms with Gasteiger partial charge in [-0.1, -0.05) is 31.5 Å². The van der Waals surface area contributed by atoms with Gasteiger partial charge >= 0.3 is 12.1 Å². The van der Waals surface area contributed by atoms with Crippen LogP contribution in [0.2, 0.25) is 5.02 Å². The van der Waals surface area contributed by atoms with Crippen LogP contribution in [-0.2, 0) is 16.1 Å². The quantitative estimate of drug-likeness (QED) is 0.675. The largest absolute Gasteiger partial charge is 0.490 e. The maximum atomic E-state index is 13.2. The third-order valence-electron chi connectivity index (χ3n) is 5.32. The Morgan fingerprint density at radius 1 is 1.30 bits per heavy atom. The van der Waals surface area contributed by atoms with E-state index >= 15 is 0 Å². The lowest BCUT2D eigenvalue weighted by molar-refractivity contribution is -0.192. The van der Waals surface area contributed by atoms with Gasteiger partial charge in [0, 0.05) is 36.6 Å². The molecule has 0 aromatic heterocycles.